The Kier molecular flexibility index (Phi) is 5.57. The first kappa shape index (κ1) is 17.4. The Morgan fingerprint density at radius 2 is 1.83 bits per heavy atom. The van der Waals surface area contributed by atoms with E-state index in [9.17, 15) is 4.79 Å². The molecule has 2 aliphatic heterocycles. The standard InChI is InChI=1S/C20H30N2O2/c1-15-5-4-6-19(11-15)20(23)22-9-7-18(8-10-22)14-21-12-16(2)24-17(3)13-21/h4-6,11,16-18H,7-10,12-14H2,1-3H3/t16-,17-/m1/s1. The third-order valence-electron chi connectivity index (χ3n) is 5.18. The van der Waals surface area contributed by atoms with Gasteiger partial charge in [-0.05, 0) is 51.7 Å². The van der Waals surface area contributed by atoms with E-state index >= 15 is 0 Å². The minimum absolute atomic E-state index is 0.186. The molecule has 2 atom stereocenters. The number of piperidine rings is 1. The van der Waals surface area contributed by atoms with Crippen LogP contribution in [0.5, 0.6) is 0 Å². The van der Waals surface area contributed by atoms with Crippen LogP contribution in [-0.2, 0) is 4.74 Å². The van der Waals surface area contributed by atoms with Gasteiger partial charge in [-0.2, -0.15) is 0 Å². The van der Waals surface area contributed by atoms with Crippen LogP contribution >= 0.6 is 0 Å². The molecule has 1 amide bonds. The van der Waals surface area contributed by atoms with Crippen LogP contribution in [0.25, 0.3) is 0 Å². The normalized spacial score (nSPS) is 26.5. The molecule has 2 saturated heterocycles. The third kappa shape index (κ3) is 4.37. The van der Waals surface area contributed by atoms with Gasteiger partial charge in [0.25, 0.3) is 5.91 Å². The molecule has 0 aliphatic carbocycles. The molecule has 0 bridgehead atoms. The van der Waals surface area contributed by atoms with E-state index in [-0.39, 0.29) is 5.91 Å². The molecule has 0 aromatic heterocycles. The van der Waals surface area contributed by atoms with E-state index in [4.69, 9.17) is 4.74 Å². The van der Waals surface area contributed by atoms with E-state index < -0.39 is 0 Å². The molecule has 2 fully saturated rings. The molecule has 4 nitrogen and oxygen atoms in total. The Labute approximate surface area is 145 Å². The van der Waals surface area contributed by atoms with Gasteiger partial charge >= 0.3 is 0 Å². The van der Waals surface area contributed by atoms with E-state index in [2.05, 4.69) is 18.7 Å². The Morgan fingerprint density at radius 3 is 2.46 bits per heavy atom. The van der Waals surface area contributed by atoms with E-state index in [1.165, 1.54) is 0 Å². The number of hydrogen-bond acceptors (Lipinski definition) is 3. The number of likely N-dealkylation sites (tertiary alicyclic amines) is 1. The second kappa shape index (κ2) is 7.66. The second-order valence-corrected chi connectivity index (χ2v) is 7.58. The lowest BCUT2D eigenvalue weighted by Gasteiger charge is -2.39. The van der Waals surface area contributed by atoms with Crippen LogP contribution in [0.15, 0.2) is 24.3 Å². The van der Waals surface area contributed by atoms with E-state index in [0.717, 1.165) is 56.7 Å². The molecular weight excluding hydrogens is 300 g/mol. The fourth-order valence-electron chi connectivity index (χ4n) is 4.08. The molecule has 3 rings (SSSR count). The summed E-state index contributed by atoms with van der Waals surface area (Å²) >= 11 is 0. The highest BCUT2D eigenvalue weighted by Crippen LogP contribution is 2.22. The Bertz CT molecular complexity index is 557. The van der Waals surface area contributed by atoms with Crippen LogP contribution in [0.1, 0.15) is 42.6 Å². The van der Waals surface area contributed by atoms with Crippen LogP contribution in [-0.4, -0.2) is 60.6 Å². The lowest BCUT2D eigenvalue weighted by atomic mass is 9.95. The first-order chi connectivity index (χ1) is 11.5. The molecule has 0 unspecified atom stereocenters. The van der Waals surface area contributed by atoms with Gasteiger partial charge in [0.05, 0.1) is 12.2 Å². The number of hydrogen-bond donors (Lipinski definition) is 0. The highest BCUT2D eigenvalue weighted by Gasteiger charge is 2.28. The average molecular weight is 330 g/mol. The lowest BCUT2D eigenvalue weighted by molar-refractivity contribution is -0.0728. The summed E-state index contributed by atoms with van der Waals surface area (Å²) in [6.07, 6.45) is 2.88. The first-order valence-electron chi connectivity index (χ1n) is 9.25. The van der Waals surface area contributed by atoms with Crippen LogP contribution < -0.4 is 0 Å². The van der Waals surface area contributed by atoms with Crippen LogP contribution in [0.2, 0.25) is 0 Å². The smallest absolute Gasteiger partial charge is 0.253 e. The fourth-order valence-corrected chi connectivity index (χ4v) is 4.08. The van der Waals surface area contributed by atoms with Crippen molar-refractivity contribution in [1.82, 2.24) is 9.80 Å². The molecule has 24 heavy (non-hydrogen) atoms. The maximum Gasteiger partial charge on any atom is 0.253 e. The predicted molar refractivity (Wildman–Crippen MR) is 96.3 cm³/mol. The fraction of sp³-hybridized carbons (Fsp3) is 0.650. The molecule has 1 aromatic carbocycles. The van der Waals surface area contributed by atoms with Gasteiger partial charge in [0.15, 0.2) is 0 Å². The summed E-state index contributed by atoms with van der Waals surface area (Å²) in [6.45, 7) is 11.3. The number of carbonyl (C=O) groups excluding carboxylic acids is 1. The number of nitrogens with zero attached hydrogens (tertiary/aromatic N) is 2. The van der Waals surface area contributed by atoms with Crippen molar-refractivity contribution in [3.63, 3.8) is 0 Å². The van der Waals surface area contributed by atoms with Gasteiger partial charge in [-0.3, -0.25) is 9.69 Å². The summed E-state index contributed by atoms with van der Waals surface area (Å²) in [4.78, 5) is 17.2. The van der Waals surface area contributed by atoms with Crippen LogP contribution in [0.4, 0.5) is 0 Å². The van der Waals surface area contributed by atoms with Gasteiger partial charge in [0.2, 0.25) is 0 Å². The zero-order valence-corrected chi connectivity index (χ0v) is 15.2. The van der Waals surface area contributed by atoms with E-state index in [0.29, 0.717) is 18.1 Å². The number of rotatable bonds is 3. The van der Waals surface area contributed by atoms with Gasteiger partial charge in [-0.1, -0.05) is 17.7 Å². The lowest BCUT2D eigenvalue weighted by Crippen LogP contribution is -2.48. The van der Waals surface area contributed by atoms with Gasteiger partial charge in [-0.25, -0.2) is 0 Å². The number of amides is 1. The molecule has 2 aliphatic rings. The van der Waals surface area contributed by atoms with Crippen molar-refractivity contribution < 1.29 is 9.53 Å². The van der Waals surface area contributed by atoms with Crippen molar-refractivity contribution >= 4 is 5.91 Å². The summed E-state index contributed by atoms with van der Waals surface area (Å²) in [5, 5.41) is 0. The number of morpholine rings is 1. The monoisotopic (exact) mass is 330 g/mol. The van der Waals surface area contributed by atoms with Crippen molar-refractivity contribution in [1.29, 1.82) is 0 Å². The molecular formula is C20H30N2O2. The van der Waals surface area contributed by atoms with Crippen LogP contribution in [0, 0.1) is 12.8 Å². The molecule has 0 saturated carbocycles. The van der Waals surface area contributed by atoms with Crippen molar-refractivity contribution in [2.24, 2.45) is 5.92 Å². The average Bonchev–Trinajstić information content (AvgIpc) is 2.54. The number of carbonyl (C=O) groups is 1. The maximum absolute atomic E-state index is 12.6. The van der Waals surface area contributed by atoms with Crippen LogP contribution in [0.3, 0.4) is 0 Å². The summed E-state index contributed by atoms with van der Waals surface area (Å²) in [5.41, 5.74) is 1.97. The van der Waals surface area contributed by atoms with Crippen molar-refractivity contribution in [3.8, 4) is 0 Å². The Hall–Kier alpha value is -1.39. The maximum atomic E-state index is 12.6. The second-order valence-electron chi connectivity index (χ2n) is 7.58. The first-order valence-corrected chi connectivity index (χ1v) is 9.25. The summed E-state index contributed by atoms with van der Waals surface area (Å²) in [5.74, 6) is 0.884. The Morgan fingerprint density at radius 1 is 1.17 bits per heavy atom. The van der Waals surface area contributed by atoms with Crippen molar-refractivity contribution in [2.75, 3.05) is 32.7 Å². The SMILES string of the molecule is Cc1cccc(C(=O)N2CCC(CN3C[C@@H](C)O[C@H](C)C3)CC2)c1. The van der Waals surface area contributed by atoms with Gasteiger partial charge in [0.1, 0.15) is 0 Å². The summed E-state index contributed by atoms with van der Waals surface area (Å²) in [7, 11) is 0. The van der Waals surface area contributed by atoms with Gasteiger partial charge < -0.3 is 9.64 Å². The minimum atomic E-state index is 0.186. The highest BCUT2D eigenvalue weighted by molar-refractivity contribution is 5.94. The zero-order chi connectivity index (χ0) is 17.1. The van der Waals surface area contributed by atoms with Crippen molar-refractivity contribution in [2.45, 2.75) is 45.8 Å². The number of aryl methyl sites for hydroxylation is 1. The quantitative estimate of drug-likeness (QED) is 0.854. The molecule has 0 radical (unpaired) electrons. The highest BCUT2D eigenvalue weighted by atomic mass is 16.5. The van der Waals surface area contributed by atoms with Gasteiger partial charge in [0, 0.05) is 38.3 Å². The number of benzene rings is 1. The molecule has 1 aromatic rings. The number of ether oxygens (including phenoxy) is 1. The largest absolute Gasteiger partial charge is 0.373 e. The van der Waals surface area contributed by atoms with Crippen molar-refractivity contribution in [3.05, 3.63) is 35.4 Å². The summed E-state index contributed by atoms with van der Waals surface area (Å²) in [6, 6.07) is 7.92. The minimum Gasteiger partial charge on any atom is -0.373 e. The molecule has 0 spiro atoms. The topological polar surface area (TPSA) is 32.8 Å². The van der Waals surface area contributed by atoms with E-state index in [1.807, 2.05) is 36.1 Å². The Balaban J connectivity index is 1.49. The summed E-state index contributed by atoms with van der Waals surface area (Å²) < 4.78 is 5.82. The molecule has 132 valence electrons. The molecule has 2 heterocycles. The molecule has 4 heteroatoms. The zero-order valence-electron chi connectivity index (χ0n) is 15.2. The molecule has 0 N–H and O–H groups in total. The predicted octanol–water partition coefficient (Wildman–Crippen LogP) is 2.96. The van der Waals surface area contributed by atoms with E-state index in [1.54, 1.807) is 0 Å². The van der Waals surface area contributed by atoms with Gasteiger partial charge in [-0.15, -0.1) is 0 Å². The third-order valence-corrected chi connectivity index (χ3v) is 5.18.